The standard InChI is InChI=1S/C12H25NO/c1-9(2)6-11-7-14-12(5,8-13-11)10(3)4/h9-11,13H,6-8H2,1-5H3. The topological polar surface area (TPSA) is 21.3 Å². The van der Waals surface area contributed by atoms with Crippen LogP contribution >= 0.6 is 0 Å². The second kappa shape index (κ2) is 4.63. The summed E-state index contributed by atoms with van der Waals surface area (Å²) in [5.41, 5.74) is 0.0352. The summed E-state index contributed by atoms with van der Waals surface area (Å²) in [4.78, 5) is 0. The Labute approximate surface area is 88.4 Å². The first-order valence-electron chi connectivity index (χ1n) is 5.81. The molecule has 1 aliphatic rings. The summed E-state index contributed by atoms with van der Waals surface area (Å²) in [7, 11) is 0. The van der Waals surface area contributed by atoms with Crippen molar-refractivity contribution >= 4 is 0 Å². The van der Waals surface area contributed by atoms with Gasteiger partial charge in [0.05, 0.1) is 12.2 Å². The summed E-state index contributed by atoms with van der Waals surface area (Å²) in [6.45, 7) is 13.0. The lowest BCUT2D eigenvalue weighted by molar-refractivity contribution is -0.100. The fourth-order valence-corrected chi connectivity index (χ4v) is 1.84. The Bertz CT molecular complexity index is 169. The number of morpholine rings is 1. The van der Waals surface area contributed by atoms with Crippen molar-refractivity contribution < 1.29 is 4.74 Å². The van der Waals surface area contributed by atoms with E-state index < -0.39 is 0 Å². The van der Waals surface area contributed by atoms with E-state index in [2.05, 4.69) is 39.9 Å². The van der Waals surface area contributed by atoms with Crippen LogP contribution in [-0.2, 0) is 4.74 Å². The summed E-state index contributed by atoms with van der Waals surface area (Å²) in [6, 6.07) is 0.557. The van der Waals surface area contributed by atoms with Gasteiger partial charge in [-0.25, -0.2) is 0 Å². The maximum atomic E-state index is 5.98. The second-order valence-corrected chi connectivity index (χ2v) is 5.49. The largest absolute Gasteiger partial charge is 0.372 e. The van der Waals surface area contributed by atoms with Gasteiger partial charge in [0.15, 0.2) is 0 Å². The minimum absolute atomic E-state index is 0.0352. The van der Waals surface area contributed by atoms with Gasteiger partial charge in [0.2, 0.25) is 0 Å². The summed E-state index contributed by atoms with van der Waals surface area (Å²) in [6.07, 6.45) is 1.22. The number of hydrogen-bond acceptors (Lipinski definition) is 2. The van der Waals surface area contributed by atoms with E-state index >= 15 is 0 Å². The molecule has 0 aliphatic carbocycles. The van der Waals surface area contributed by atoms with E-state index in [0.29, 0.717) is 12.0 Å². The van der Waals surface area contributed by atoms with Crippen molar-refractivity contribution in [2.24, 2.45) is 11.8 Å². The smallest absolute Gasteiger partial charge is 0.0801 e. The van der Waals surface area contributed by atoms with Crippen molar-refractivity contribution in [1.82, 2.24) is 5.32 Å². The van der Waals surface area contributed by atoms with Crippen LogP contribution in [-0.4, -0.2) is 24.8 Å². The molecule has 2 unspecified atom stereocenters. The van der Waals surface area contributed by atoms with E-state index in [9.17, 15) is 0 Å². The molecule has 0 bridgehead atoms. The zero-order valence-electron chi connectivity index (χ0n) is 10.3. The molecule has 0 amide bonds. The van der Waals surface area contributed by atoms with Crippen molar-refractivity contribution in [3.05, 3.63) is 0 Å². The third-order valence-electron chi connectivity index (χ3n) is 3.33. The SMILES string of the molecule is CC(C)CC1COC(C)(C(C)C)CN1. The highest BCUT2D eigenvalue weighted by Gasteiger charge is 2.34. The number of ether oxygens (including phenoxy) is 1. The summed E-state index contributed by atoms with van der Waals surface area (Å²) >= 11 is 0. The molecule has 1 heterocycles. The van der Waals surface area contributed by atoms with Gasteiger partial charge in [0.1, 0.15) is 0 Å². The van der Waals surface area contributed by atoms with E-state index in [1.807, 2.05) is 0 Å². The normalized spacial score (nSPS) is 34.1. The van der Waals surface area contributed by atoms with Gasteiger partial charge in [0, 0.05) is 12.6 Å². The highest BCUT2D eigenvalue weighted by Crippen LogP contribution is 2.25. The molecule has 1 saturated heterocycles. The van der Waals surface area contributed by atoms with Gasteiger partial charge in [-0.05, 0) is 25.2 Å². The highest BCUT2D eigenvalue weighted by atomic mass is 16.5. The zero-order valence-corrected chi connectivity index (χ0v) is 10.3. The first kappa shape index (κ1) is 12.0. The van der Waals surface area contributed by atoms with Crippen LogP contribution in [0.1, 0.15) is 41.0 Å². The Kier molecular flexibility index (Phi) is 3.96. The van der Waals surface area contributed by atoms with Gasteiger partial charge >= 0.3 is 0 Å². The molecule has 2 atom stereocenters. The Morgan fingerprint density at radius 2 is 2.00 bits per heavy atom. The predicted molar refractivity (Wildman–Crippen MR) is 60.4 cm³/mol. The summed E-state index contributed by atoms with van der Waals surface area (Å²) in [5, 5.41) is 3.60. The molecule has 0 aromatic carbocycles. The Morgan fingerprint density at radius 1 is 1.36 bits per heavy atom. The second-order valence-electron chi connectivity index (χ2n) is 5.49. The molecule has 0 spiro atoms. The van der Waals surface area contributed by atoms with Crippen molar-refractivity contribution in [3.63, 3.8) is 0 Å². The van der Waals surface area contributed by atoms with E-state index in [0.717, 1.165) is 19.1 Å². The quantitative estimate of drug-likeness (QED) is 0.754. The van der Waals surface area contributed by atoms with E-state index in [-0.39, 0.29) is 5.60 Å². The van der Waals surface area contributed by atoms with Gasteiger partial charge in [-0.2, -0.15) is 0 Å². The Hall–Kier alpha value is -0.0800. The van der Waals surface area contributed by atoms with Crippen LogP contribution in [0, 0.1) is 11.8 Å². The molecule has 1 rings (SSSR count). The van der Waals surface area contributed by atoms with Gasteiger partial charge in [-0.15, -0.1) is 0 Å². The lowest BCUT2D eigenvalue weighted by Gasteiger charge is -2.41. The lowest BCUT2D eigenvalue weighted by atomic mass is 9.89. The molecule has 1 N–H and O–H groups in total. The number of nitrogens with one attached hydrogen (secondary N) is 1. The molecular weight excluding hydrogens is 174 g/mol. The van der Waals surface area contributed by atoms with Gasteiger partial charge < -0.3 is 10.1 Å². The van der Waals surface area contributed by atoms with Crippen molar-refractivity contribution in [3.8, 4) is 0 Å². The van der Waals surface area contributed by atoms with Gasteiger partial charge in [-0.3, -0.25) is 0 Å². The van der Waals surface area contributed by atoms with Crippen LogP contribution in [0.3, 0.4) is 0 Å². The molecular formula is C12H25NO. The molecule has 84 valence electrons. The third kappa shape index (κ3) is 2.96. The van der Waals surface area contributed by atoms with Gasteiger partial charge in [-0.1, -0.05) is 27.7 Å². The van der Waals surface area contributed by atoms with E-state index in [1.54, 1.807) is 0 Å². The lowest BCUT2D eigenvalue weighted by Crippen LogP contribution is -2.55. The summed E-state index contributed by atoms with van der Waals surface area (Å²) in [5.74, 6) is 1.33. The van der Waals surface area contributed by atoms with Crippen molar-refractivity contribution in [2.75, 3.05) is 13.2 Å². The molecule has 2 heteroatoms. The monoisotopic (exact) mass is 199 g/mol. The van der Waals surface area contributed by atoms with Gasteiger partial charge in [0.25, 0.3) is 0 Å². The highest BCUT2D eigenvalue weighted by molar-refractivity contribution is 4.88. The first-order chi connectivity index (χ1) is 6.44. The average Bonchev–Trinajstić information content (AvgIpc) is 2.08. The number of hydrogen-bond donors (Lipinski definition) is 1. The minimum atomic E-state index is 0.0352. The zero-order chi connectivity index (χ0) is 10.8. The molecule has 0 aromatic rings. The molecule has 0 radical (unpaired) electrons. The molecule has 1 aliphatic heterocycles. The van der Waals surface area contributed by atoms with E-state index in [4.69, 9.17) is 4.74 Å². The maximum absolute atomic E-state index is 5.98. The number of rotatable bonds is 3. The Balaban J connectivity index is 2.38. The van der Waals surface area contributed by atoms with Crippen LogP contribution in [0.2, 0.25) is 0 Å². The fourth-order valence-electron chi connectivity index (χ4n) is 1.84. The third-order valence-corrected chi connectivity index (χ3v) is 3.33. The van der Waals surface area contributed by atoms with Crippen LogP contribution in [0.25, 0.3) is 0 Å². The van der Waals surface area contributed by atoms with Crippen LogP contribution in [0.15, 0.2) is 0 Å². The molecule has 14 heavy (non-hydrogen) atoms. The molecule has 2 nitrogen and oxygen atoms in total. The summed E-state index contributed by atoms with van der Waals surface area (Å²) < 4.78 is 5.98. The fraction of sp³-hybridized carbons (Fsp3) is 1.00. The van der Waals surface area contributed by atoms with Crippen LogP contribution in [0.5, 0.6) is 0 Å². The molecule has 0 saturated carbocycles. The van der Waals surface area contributed by atoms with Crippen LogP contribution < -0.4 is 5.32 Å². The molecule has 1 fully saturated rings. The van der Waals surface area contributed by atoms with E-state index in [1.165, 1.54) is 6.42 Å². The predicted octanol–water partition coefficient (Wildman–Crippen LogP) is 2.44. The molecule has 0 aromatic heterocycles. The van der Waals surface area contributed by atoms with Crippen molar-refractivity contribution in [1.29, 1.82) is 0 Å². The minimum Gasteiger partial charge on any atom is -0.372 e. The Morgan fingerprint density at radius 3 is 2.36 bits per heavy atom. The maximum Gasteiger partial charge on any atom is 0.0801 e. The first-order valence-corrected chi connectivity index (χ1v) is 5.81. The average molecular weight is 199 g/mol. The van der Waals surface area contributed by atoms with Crippen LogP contribution in [0.4, 0.5) is 0 Å². The van der Waals surface area contributed by atoms with Crippen molar-refractivity contribution in [2.45, 2.75) is 52.7 Å².